The van der Waals surface area contributed by atoms with Crippen LogP contribution >= 0.6 is 24.8 Å². The summed E-state index contributed by atoms with van der Waals surface area (Å²) >= 11 is 0. The Kier molecular flexibility index (Phi) is 19.1. The summed E-state index contributed by atoms with van der Waals surface area (Å²) in [5.41, 5.74) is 0. The highest BCUT2D eigenvalue weighted by molar-refractivity contribution is 5.85. The van der Waals surface area contributed by atoms with Crippen molar-refractivity contribution < 1.29 is 0 Å². The van der Waals surface area contributed by atoms with E-state index in [4.69, 9.17) is 0 Å². The van der Waals surface area contributed by atoms with Crippen molar-refractivity contribution in [3.63, 3.8) is 0 Å². The van der Waals surface area contributed by atoms with Crippen LogP contribution < -0.4 is 0 Å². The fraction of sp³-hybridized carbons (Fsp3) is 0. The average Bonchev–Trinajstić information content (AvgIpc) is 1.72. The van der Waals surface area contributed by atoms with Gasteiger partial charge >= 0.3 is 0 Å². The highest BCUT2D eigenvalue weighted by Crippen LogP contribution is 1.79. The van der Waals surface area contributed by atoms with Crippen molar-refractivity contribution in [3.05, 3.63) is 36.4 Å². The van der Waals surface area contributed by atoms with Gasteiger partial charge in [-0.05, 0) is 0 Å². The van der Waals surface area contributed by atoms with Gasteiger partial charge in [0.05, 0.1) is 8.41 Å². The fourth-order valence-electron chi connectivity index (χ4n) is 0.385. The zero-order chi connectivity index (χ0) is 4.24. The van der Waals surface area contributed by atoms with Crippen molar-refractivity contribution in [3.8, 4) is 0 Å². The highest BCUT2D eigenvalue weighted by atomic mass is 35.5. The Morgan fingerprint density at radius 3 is 0.667 bits per heavy atom. The van der Waals surface area contributed by atoms with Crippen molar-refractivity contribution >= 4 is 33.2 Å². The smallest absolute Gasteiger partial charge is 0.0814 e. The van der Waals surface area contributed by atoms with Gasteiger partial charge in [0.2, 0.25) is 0 Å². The number of hydrogen-bond acceptors (Lipinski definition) is 0. The quantitative estimate of drug-likeness (QED) is 0.508. The van der Waals surface area contributed by atoms with Crippen LogP contribution in [-0.4, -0.2) is 8.41 Å². The molecule has 3 heteroatoms. The molecule has 0 fully saturated rings. The monoisotopic (exact) mass is 164 g/mol. The van der Waals surface area contributed by atoms with E-state index in [0.717, 1.165) is 0 Å². The Bertz CT molecular complexity index is 83.0. The molecule has 0 atom stereocenters. The van der Waals surface area contributed by atoms with E-state index in [2.05, 4.69) is 0 Å². The van der Waals surface area contributed by atoms with Gasteiger partial charge in [0.15, 0.2) is 0 Å². The van der Waals surface area contributed by atoms with Gasteiger partial charge in [-0.1, -0.05) is 36.4 Å². The zero-order valence-corrected chi connectivity index (χ0v) is 5.91. The molecule has 0 bridgehead atoms. The first-order chi connectivity index (χ1) is 3.00. The second-order valence-electron chi connectivity index (χ2n) is 1.15. The second kappa shape index (κ2) is 10.8. The van der Waals surface area contributed by atoms with Gasteiger partial charge in [0.25, 0.3) is 0 Å². The SMILES string of the molecule is B.Cl.Cl.c1ccccc1. The Morgan fingerprint density at radius 2 is 0.556 bits per heavy atom. The van der Waals surface area contributed by atoms with Crippen LogP contribution in [0.2, 0.25) is 0 Å². The molecule has 52 valence electrons. The van der Waals surface area contributed by atoms with Crippen molar-refractivity contribution in [2.24, 2.45) is 0 Å². The van der Waals surface area contributed by atoms with E-state index in [9.17, 15) is 0 Å². The maximum Gasteiger partial charge on any atom is 0.0814 e. The Balaban J connectivity index is -0.000000120. The standard InChI is InChI=1S/C6H6.BH3.2ClH/c1-2-4-6-5-3-1;;;/h1-6H;1H3;2*1H. The molecule has 0 radical (unpaired) electrons. The normalized spacial score (nSPS) is 5.33. The molecule has 1 aromatic rings. The van der Waals surface area contributed by atoms with E-state index >= 15 is 0 Å². The predicted molar refractivity (Wildman–Crippen MR) is 50.9 cm³/mol. The van der Waals surface area contributed by atoms with Gasteiger partial charge in [-0.2, -0.15) is 0 Å². The summed E-state index contributed by atoms with van der Waals surface area (Å²) < 4.78 is 0. The van der Waals surface area contributed by atoms with E-state index < -0.39 is 0 Å². The van der Waals surface area contributed by atoms with Crippen molar-refractivity contribution in [1.82, 2.24) is 0 Å². The first-order valence-corrected chi connectivity index (χ1v) is 2.00. The minimum Gasteiger partial charge on any atom is -0.147 e. The molecule has 0 unspecified atom stereocenters. The van der Waals surface area contributed by atoms with Crippen LogP contribution in [0.4, 0.5) is 0 Å². The molecule has 0 heterocycles. The molecule has 1 aromatic carbocycles. The number of rotatable bonds is 0. The lowest BCUT2D eigenvalue weighted by Crippen LogP contribution is -1.47. The molecule has 0 aliphatic rings. The zero-order valence-electron chi connectivity index (χ0n) is 4.28. The Labute approximate surface area is 70.1 Å². The summed E-state index contributed by atoms with van der Waals surface area (Å²) in [7, 11) is 0. The lowest BCUT2D eigenvalue weighted by molar-refractivity contribution is 1.72. The number of hydrogen-bond donors (Lipinski definition) is 0. The molecule has 0 aromatic heterocycles. The maximum atomic E-state index is 2.00. The second-order valence-corrected chi connectivity index (χ2v) is 1.15. The summed E-state index contributed by atoms with van der Waals surface area (Å²) in [6.45, 7) is 0. The molecular formula is C6H11BCl2. The summed E-state index contributed by atoms with van der Waals surface area (Å²) in [5, 5.41) is 0. The van der Waals surface area contributed by atoms with Gasteiger partial charge in [0.1, 0.15) is 0 Å². The summed E-state index contributed by atoms with van der Waals surface area (Å²) in [5.74, 6) is 0. The average molecular weight is 165 g/mol. The topological polar surface area (TPSA) is 0 Å². The summed E-state index contributed by atoms with van der Waals surface area (Å²) in [4.78, 5) is 0. The Hall–Kier alpha value is -0.135. The van der Waals surface area contributed by atoms with Gasteiger partial charge < -0.3 is 0 Å². The molecule has 0 N–H and O–H groups in total. The largest absolute Gasteiger partial charge is 0.147 e. The fourth-order valence-corrected chi connectivity index (χ4v) is 0.385. The first kappa shape index (κ1) is 15.9. The summed E-state index contributed by atoms with van der Waals surface area (Å²) in [6, 6.07) is 12.0. The lowest BCUT2D eigenvalue weighted by atomic mass is 10.4. The molecule has 0 saturated heterocycles. The number of benzene rings is 1. The van der Waals surface area contributed by atoms with Gasteiger partial charge in [0, 0.05) is 0 Å². The van der Waals surface area contributed by atoms with Gasteiger partial charge in [-0.25, -0.2) is 0 Å². The minimum atomic E-state index is 0. The van der Waals surface area contributed by atoms with Gasteiger partial charge in [-0.15, -0.1) is 24.8 Å². The minimum absolute atomic E-state index is 0. The molecule has 0 amide bonds. The van der Waals surface area contributed by atoms with E-state index in [1.807, 2.05) is 36.4 Å². The first-order valence-electron chi connectivity index (χ1n) is 2.00. The van der Waals surface area contributed by atoms with Crippen LogP contribution in [0, 0.1) is 0 Å². The predicted octanol–water partition coefficient (Wildman–Crippen LogP) is 1.35. The molecule has 0 aliphatic carbocycles. The molecule has 1 rings (SSSR count). The Morgan fingerprint density at radius 1 is 0.444 bits per heavy atom. The van der Waals surface area contributed by atoms with Crippen LogP contribution in [0.1, 0.15) is 0 Å². The van der Waals surface area contributed by atoms with Crippen LogP contribution in [0.25, 0.3) is 0 Å². The maximum absolute atomic E-state index is 2.00. The molecule has 0 aliphatic heterocycles. The third-order valence-corrected chi connectivity index (χ3v) is 0.667. The van der Waals surface area contributed by atoms with E-state index in [-0.39, 0.29) is 33.2 Å². The molecule has 9 heavy (non-hydrogen) atoms. The third-order valence-electron chi connectivity index (χ3n) is 0.667. The third kappa shape index (κ3) is 7.86. The van der Waals surface area contributed by atoms with Crippen molar-refractivity contribution in [2.45, 2.75) is 0 Å². The molecular weight excluding hydrogens is 154 g/mol. The van der Waals surface area contributed by atoms with E-state index in [0.29, 0.717) is 0 Å². The van der Waals surface area contributed by atoms with Crippen LogP contribution in [-0.2, 0) is 0 Å². The van der Waals surface area contributed by atoms with Crippen molar-refractivity contribution in [1.29, 1.82) is 0 Å². The van der Waals surface area contributed by atoms with Crippen LogP contribution in [0.5, 0.6) is 0 Å². The molecule has 0 saturated carbocycles. The number of halogens is 2. The van der Waals surface area contributed by atoms with E-state index in [1.165, 1.54) is 0 Å². The van der Waals surface area contributed by atoms with Gasteiger partial charge in [-0.3, -0.25) is 0 Å². The highest BCUT2D eigenvalue weighted by Gasteiger charge is 1.57. The molecule has 0 nitrogen and oxygen atoms in total. The van der Waals surface area contributed by atoms with E-state index in [1.54, 1.807) is 0 Å². The summed E-state index contributed by atoms with van der Waals surface area (Å²) in [6.07, 6.45) is 0. The van der Waals surface area contributed by atoms with Crippen LogP contribution in [0.15, 0.2) is 36.4 Å². The lowest BCUT2D eigenvalue weighted by Gasteiger charge is -1.69. The van der Waals surface area contributed by atoms with Crippen molar-refractivity contribution in [2.75, 3.05) is 0 Å². The molecule has 0 spiro atoms. The van der Waals surface area contributed by atoms with Crippen LogP contribution in [0.3, 0.4) is 0 Å².